The Morgan fingerprint density at radius 1 is 0.912 bits per heavy atom. The van der Waals surface area contributed by atoms with E-state index in [1.54, 1.807) is 6.20 Å². The fraction of sp³-hybridized carbons (Fsp3) is 0.214. The Kier molecular flexibility index (Phi) is 6.04. The first-order chi connectivity index (χ1) is 16.6. The number of hydrogen-bond acceptors (Lipinski definition) is 3. The summed E-state index contributed by atoms with van der Waals surface area (Å²) in [5.74, 6) is -0.927. The summed E-state index contributed by atoms with van der Waals surface area (Å²) >= 11 is 0. The van der Waals surface area contributed by atoms with Crippen molar-refractivity contribution in [3.63, 3.8) is 0 Å². The van der Waals surface area contributed by atoms with Crippen LogP contribution < -0.4 is 10.6 Å². The Labute approximate surface area is 198 Å². The van der Waals surface area contributed by atoms with Crippen LogP contribution in [-0.4, -0.2) is 29.8 Å². The summed E-state index contributed by atoms with van der Waals surface area (Å²) in [5.41, 5.74) is 7.50. The molecular formula is C28H25N2O4. The van der Waals surface area contributed by atoms with Crippen molar-refractivity contribution in [1.82, 2.24) is 10.6 Å². The van der Waals surface area contributed by atoms with Gasteiger partial charge < -0.3 is 15.2 Å². The molecule has 0 saturated heterocycles. The molecule has 0 aromatic heterocycles. The summed E-state index contributed by atoms with van der Waals surface area (Å²) in [6.45, 7) is 0.215. The van der Waals surface area contributed by atoms with Gasteiger partial charge in [0.15, 0.2) is 0 Å². The van der Waals surface area contributed by atoms with Gasteiger partial charge in [-0.05, 0) is 46.7 Å². The maximum atomic E-state index is 12.8. The number of carbonyl (C=O) groups is 2. The zero-order valence-electron chi connectivity index (χ0n) is 18.6. The molecular weight excluding hydrogens is 428 g/mol. The summed E-state index contributed by atoms with van der Waals surface area (Å²) in [6.07, 6.45) is 2.00. The lowest BCUT2D eigenvalue weighted by atomic mass is 9.97. The monoisotopic (exact) mass is 453 g/mol. The summed E-state index contributed by atoms with van der Waals surface area (Å²) in [4.78, 5) is 24.0. The number of alkyl carbamates (subject to hydrolysis) is 1. The number of fused-ring (bicyclic) bond motifs is 4. The normalized spacial score (nSPS) is 14.3. The summed E-state index contributed by atoms with van der Waals surface area (Å²) < 4.78 is 5.67. The molecule has 2 aliphatic rings. The number of rotatable bonds is 8. The Hall–Kier alpha value is -4.06. The molecule has 1 aliphatic carbocycles. The molecule has 1 amide bonds. The fourth-order valence-electron chi connectivity index (χ4n) is 4.83. The maximum Gasteiger partial charge on any atom is 0.407 e. The first kappa shape index (κ1) is 21.8. The van der Waals surface area contributed by atoms with Crippen LogP contribution in [0.25, 0.3) is 16.7 Å². The van der Waals surface area contributed by atoms with Crippen LogP contribution in [0.1, 0.15) is 41.9 Å². The van der Waals surface area contributed by atoms with E-state index in [1.807, 2.05) is 48.5 Å². The molecule has 1 aliphatic heterocycles. The third-order valence-corrected chi connectivity index (χ3v) is 6.45. The van der Waals surface area contributed by atoms with Gasteiger partial charge in [0, 0.05) is 30.1 Å². The van der Waals surface area contributed by atoms with E-state index in [2.05, 4.69) is 34.9 Å². The van der Waals surface area contributed by atoms with Crippen LogP contribution in [0.4, 0.5) is 10.5 Å². The number of carbonyl (C=O) groups excluding carboxylic acids is 1. The van der Waals surface area contributed by atoms with Crippen LogP contribution in [0.2, 0.25) is 0 Å². The highest BCUT2D eigenvalue weighted by Crippen LogP contribution is 2.44. The number of carboxylic acids is 1. The van der Waals surface area contributed by atoms with Gasteiger partial charge in [-0.2, -0.15) is 0 Å². The predicted molar refractivity (Wildman–Crippen MR) is 130 cm³/mol. The van der Waals surface area contributed by atoms with E-state index in [-0.39, 0.29) is 25.0 Å². The lowest BCUT2D eigenvalue weighted by Crippen LogP contribution is -2.36. The molecule has 1 heterocycles. The van der Waals surface area contributed by atoms with Crippen molar-refractivity contribution >= 4 is 23.3 Å². The number of para-hydroxylation sites is 1. The maximum absolute atomic E-state index is 12.8. The van der Waals surface area contributed by atoms with Gasteiger partial charge >= 0.3 is 12.1 Å². The van der Waals surface area contributed by atoms with Crippen LogP contribution in [-0.2, 0) is 9.53 Å². The molecule has 171 valence electrons. The molecule has 34 heavy (non-hydrogen) atoms. The van der Waals surface area contributed by atoms with Crippen molar-refractivity contribution in [1.29, 1.82) is 0 Å². The second-order valence-electron chi connectivity index (χ2n) is 8.60. The lowest BCUT2D eigenvalue weighted by molar-refractivity contribution is -0.137. The standard InChI is InChI=1S/C28H25N2O4/c31-27(32)14-13-19(15-18-16-29-26-12-6-5-7-20(18)26)30-28(33)34-17-25-23-10-3-1-8-21(23)22-9-2-4-11-24(22)25/h1-12,16,19,25H,13-15,17H2,(H,30,33)(H,31,32). The largest absolute Gasteiger partial charge is 0.481 e. The lowest BCUT2D eigenvalue weighted by Gasteiger charge is -2.20. The molecule has 2 N–H and O–H groups in total. The fourth-order valence-corrected chi connectivity index (χ4v) is 4.83. The van der Waals surface area contributed by atoms with Crippen LogP contribution in [0.3, 0.4) is 0 Å². The summed E-state index contributed by atoms with van der Waals surface area (Å²) in [7, 11) is 0. The Morgan fingerprint density at radius 2 is 1.53 bits per heavy atom. The van der Waals surface area contributed by atoms with E-state index in [9.17, 15) is 14.7 Å². The van der Waals surface area contributed by atoms with Crippen LogP contribution in [0.5, 0.6) is 0 Å². The van der Waals surface area contributed by atoms with Crippen LogP contribution in [0.15, 0.2) is 79.0 Å². The van der Waals surface area contributed by atoms with Crippen molar-refractivity contribution < 1.29 is 19.4 Å². The number of carboxylic acid groups (broad SMARTS) is 1. The summed E-state index contributed by atoms with van der Waals surface area (Å²) in [6, 6.07) is 23.8. The highest BCUT2D eigenvalue weighted by molar-refractivity contribution is 5.81. The van der Waals surface area contributed by atoms with E-state index in [0.717, 1.165) is 28.0 Å². The number of nitrogens with zero attached hydrogens (tertiary/aromatic N) is 1. The first-order valence-corrected chi connectivity index (χ1v) is 11.4. The van der Waals surface area contributed by atoms with Gasteiger partial charge in [0.25, 0.3) is 0 Å². The molecule has 6 heteroatoms. The average molecular weight is 454 g/mol. The van der Waals surface area contributed by atoms with Crippen LogP contribution in [0, 0.1) is 0 Å². The number of benzene rings is 3. The first-order valence-electron chi connectivity index (χ1n) is 11.4. The van der Waals surface area contributed by atoms with Gasteiger partial charge in [0.2, 0.25) is 0 Å². The van der Waals surface area contributed by atoms with Gasteiger partial charge in [-0.15, -0.1) is 0 Å². The van der Waals surface area contributed by atoms with E-state index in [1.165, 1.54) is 11.1 Å². The van der Waals surface area contributed by atoms with Crippen molar-refractivity contribution in [2.75, 3.05) is 6.61 Å². The number of amides is 1. The highest BCUT2D eigenvalue weighted by atomic mass is 16.5. The SMILES string of the molecule is O=C(O)CCC(CC1=C[N]c2ccccc21)NC(=O)OCC1c2ccccc2-c2ccccc21. The van der Waals surface area contributed by atoms with Gasteiger partial charge in [0.1, 0.15) is 6.61 Å². The van der Waals surface area contributed by atoms with Gasteiger partial charge in [-0.3, -0.25) is 10.1 Å². The number of hydrogen-bond donors (Lipinski definition) is 2. The topological polar surface area (TPSA) is 89.7 Å². The van der Waals surface area contributed by atoms with E-state index in [0.29, 0.717) is 12.8 Å². The molecule has 0 saturated carbocycles. The van der Waals surface area contributed by atoms with Crippen molar-refractivity contribution in [2.24, 2.45) is 0 Å². The van der Waals surface area contributed by atoms with Crippen LogP contribution >= 0.6 is 0 Å². The summed E-state index contributed by atoms with van der Waals surface area (Å²) in [5, 5.41) is 16.5. The molecule has 1 unspecified atom stereocenters. The molecule has 0 fully saturated rings. The van der Waals surface area contributed by atoms with E-state index >= 15 is 0 Å². The number of aliphatic carboxylic acids is 1. The zero-order valence-corrected chi connectivity index (χ0v) is 18.6. The molecule has 5 rings (SSSR count). The molecule has 1 radical (unpaired) electrons. The Morgan fingerprint density at radius 3 is 2.21 bits per heavy atom. The smallest absolute Gasteiger partial charge is 0.407 e. The minimum Gasteiger partial charge on any atom is -0.481 e. The number of ether oxygens (including phenoxy) is 1. The number of nitrogens with one attached hydrogen (secondary N) is 1. The minimum absolute atomic E-state index is 0.0289. The molecule has 6 nitrogen and oxygen atoms in total. The van der Waals surface area contributed by atoms with Gasteiger partial charge in [-0.1, -0.05) is 66.7 Å². The zero-order chi connectivity index (χ0) is 23.5. The minimum atomic E-state index is -0.898. The quantitative estimate of drug-likeness (QED) is 0.475. The van der Waals surface area contributed by atoms with E-state index < -0.39 is 12.1 Å². The van der Waals surface area contributed by atoms with Gasteiger partial charge in [-0.25, -0.2) is 4.79 Å². The predicted octanol–water partition coefficient (Wildman–Crippen LogP) is 5.44. The highest BCUT2D eigenvalue weighted by Gasteiger charge is 2.29. The third-order valence-electron chi connectivity index (χ3n) is 6.45. The molecule has 0 bridgehead atoms. The Balaban J connectivity index is 1.26. The van der Waals surface area contributed by atoms with Crippen molar-refractivity contribution in [3.05, 3.63) is 95.7 Å². The molecule has 3 aromatic carbocycles. The van der Waals surface area contributed by atoms with Crippen molar-refractivity contribution in [3.8, 4) is 11.1 Å². The van der Waals surface area contributed by atoms with Crippen molar-refractivity contribution in [2.45, 2.75) is 31.2 Å². The molecule has 0 spiro atoms. The second kappa shape index (κ2) is 9.43. The Bertz CT molecular complexity index is 1220. The third kappa shape index (κ3) is 4.39. The van der Waals surface area contributed by atoms with E-state index in [4.69, 9.17) is 4.74 Å². The molecule has 1 atom stereocenters. The molecule has 3 aromatic rings. The van der Waals surface area contributed by atoms with Gasteiger partial charge in [0.05, 0.1) is 5.69 Å². The second-order valence-corrected chi connectivity index (χ2v) is 8.60. The average Bonchev–Trinajstić information content (AvgIpc) is 3.40.